The Morgan fingerprint density at radius 3 is 1.37 bits per heavy atom. The van der Waals surface area contributed by atoms with Crippen molar-refractivity contribution in [3.8, 4) is 72.7 Å². The third kappa shape index (κ3) is 7.43. The quantitative estimate of drug-likeness (QED) is 0.149. The number of nitrogens with zero attached hydrogens (tertiary/aromatic N) is 4. The van der Waals surface area contributed by atoms with Gasteiger partial charge in [0.05, 0.1) is 33.5 Å². The number of hydrogen-bond acceptors (Lipinski definition) is 5. The van der Waals surface area contributed by atoms with Crippen LogP contribution >= 0.6 is 22.7 Å². The molecule has 0 saturated heterocycles. The molecule has 12 aromatic carbocycles. The number of fused-ring (bicyclic) bond motifs is 16. The summed E-state index contributed by atoms with van der Waals surface area (Å²) >= 11 is 3.66. The molecule has 0 bridgehead atoms. The molecule has 0 amide bonds. The molecule has 0 fully saturated rings. The standard InChI is InChI=1S/C83H46N4O2S2/c88-82-61-26-9-7-22-57(61)66-39-55(51-31-33-78-65(36-51)59-24-11-13-28-76(59)90-78)40-68-64-35-50(30-32-74(64)86(82)79(66)68)53-37-63(81-70(42-53)60-25-12-14-29-77(60)91-81)52-21-15-20-49(34-52)54-38-67-58-23-8-10-27-62(58)83(89)87-75-46-85(45-71(75)69(41-54)80(67)87)56-43-72(47-16-3-1-4-17-47)84-73(44-56)48-18-5-2-6-19-48/h1-46H. The van der Waals surface area contributed by atoms with Gasteiger partial charge in [-0.1, -0.05) is 164 Å². The Bertz CT molecular complexity index is 6570. The van der Waals surface area contributed by atoms with Gasteiger partial charge in [0.1, 0.15) is 0 Å². The van der Waals surface area contributed by atoms with Crippen LogP contribution in [0.25, 0.3) is 189 Å². The van der Waals surface area contributed by atoms with E-state index in [-0.39, 0.29) is 11.1 Å². The highest BCUT2D eigenvalue weighted by molar-refractivity contribution is 7.26. The minimum absolute atomic E-state index is 0.00941. The van der Waals surface area contributed by atoms with Crippen LogP contribution in [0.3, 0.4) is 0 Å². The number of rotatable bonds is 7. The SMILES string of the molecule is O=c1c2ccccc2c2cc(-c3ccc4sc5ccccc5c4c3)cc3c4cc(-c5cc(-c6cccc(-c7cc8c9ccccc9c(=O)n9c%10cn(-c%11cc(-c%12ccccc%12)nc(-c%12ccccc%12)c%11)cc%10c(c7)c89)c6)c6sc7ccccc7c6c5)ccc4n1c23. The minimum atomic E-state index is -0.0365. The van der Waals surface area contributed by atoms with Gasteiger partial charge in [0, 0.05) is 118 Å². The molecule has 0 spiro atoms. The van der Waals surface area contributed by atoms with E-state index in [2.05, 4.69) is 211 Å². The third-order valence-corrected chi connectivity index (χ3v) is 21.5. The van der Waals surface area contributed by atoms with Crippen molar-refractivity contribution in [2.75, 3.05) is 0 Å². The van der Waals surface area contributed by atoms with Crippen LogP contribution in [0.1, 0.15) is 0 Å². The van der Waals surface area contributed by atoms with Gasteiger partial charge in [-0.2, -0.15) is 0 Å². The third-order valence-electron chi connectivity index (χ3n) is 19.1. The van der Waals surface area contributed by atoms with Crippen molar-refractivity contribution in [1.29, 1.82) is 0 Å². The van der Waals surface area contributed by atoms with Crippen molar-refractivity contribution < 1.29 is 0 Å². The maximum atomic E-state index is 14.9. The van der Waals surface area contributed by atoms with Crippen LogP contribution in [0.2, 0.25) is 0 Å². The molecule has 8 heterocycles. The molecule has 20 rings (SSSR count). The maximum absolute atomic E-state index is 14.9. The molecule has 0 aliphatic rings. The molecule has 0 radical (unpaired) electrons. The van der Waals surface area contributed by atoms with E-state index in [9.17, 15) is 9.59 Å². The molecule has 91 heavy (non-hydrogen) atoms. The lowest BCUT2D eigenvalue weighted by Crippen LogP contribution is -2.12. The summed E-state index contributed by atoms with van der Waals surface area (Å²) in [5, 5.41) is 14.4. The summed E-state index contributed by atoms with van der Waals surface area (Å²) in [6.07, 6.45) is 4.30. The minimum Gasteiger partial charge on any atom is -0.321 e. The summed E-state index contributed by atoms with van der Waals surface area (Å²) in [6, 6.07) is 94.9. The average Bonchev–Trinajstić information content (AvgIpc) is 1.59. The lowest BCUT2D eigenvalue weighted by Gasteiger charge is -2.13. The van der Waals surface area contributed by atoms with Crippen LogP contribution < -0.4 is 11.1 Å². The lowest BCUT2D eigenvalue weighted by atomic mass is 9.92. The summed E-state index contributed by atoms with van der Waals surface area (Å²) in [5.74, 6) is 0. The van der Waals surface area contributed by atoms with Crippen molar-refractivity contribution in [3.05, 3.63) is 300 Å². The summed E-state index contributed by atoms with van der Waals surface area (Å²) in [4.78, 5) is 34.9. The molecule has 422 valence electrons. The van der Waals surface area contributed by atoms with E-state index in [4.69, 9.17) is 4.98 Å². The van der Waals surface area contributed by atoms with Crippen LogP contribution in [0, 0.1) is 0 Å². The highest BCUT2D eigenvalue weighted by atomic mass is 32.1. The second-order valence-electron chi connectivity index (χ2n) is 24.1. The molecular formula is C83H46N4O2S2. The summed E-state index contributed by atoms with van der Waals surface area (Å²) in [7, 11) is 0. The average molecular weight is 1200 g/mol. The van der Waals surface area contributed by atoms with Gasteiger partial charge in [-0.3, -0.25) is 18.4 Å². The molecule has 0 atom stereocenters. The summed E-state index contributed by atoms with van der Waals surface area (Å²) in [5.41, 5.74) is 17.1. The first-order valence-corrected chi connectivity index (χ1v) is 32.3. The Morgan fingerprint density at radius 2 is 0.725 bits per heavy atom. The molecule has 20 aromatic rings. The van der Waals surface area contributed by atoms with Gasteiger partial charge in [-0.05, 0) is 153 Å². The number of thiophene rings is 2. The highest BCUT2D eigenvalue weighted by Crippen LogP contribution is 2.47. The van der Waals surface area contributed by atoms with E-state index < -0.39 is 0 Å². The monoisotopic (exact) mass is 1190 g/mol. The van der Waals surface area contributed by atoms with E-state index >= 15 is 0 Å². The predicted octanol–water partition coefficient (Wildman–Crippen LogP) is 21.6. The first kappa shape index (κ1) is 50.4. The second kappa shape index (κ2) is 19.0. The van der Waals surface area contributed by atoms with Gasteiger partial charge in [0.2, 0.25) is 0 Å². The summed E-state index contributed by atoms with van der Waals surface area (Å²) in [6.45, 7) is 0. The molecular weight excluding hydrogens is 1150 g/mol. The van der Waals surface area contributed by atoms with Crippen LogP contribution in [0.15, 0.2) is 289 Å². The smallest absolute Gasteiger partial charge is 0.263 e. The largest absolute Gasteiger partial charge is 0.321 e. The van der Waals surface area contributed by atoms with Crippen molar-refractivity contribution in [3.63, 3.8) is 0 Å². The molecule has 8 heteroatoms. The number of benzene rings is 12. The van der Waals surface area contributed by atoms with Crippen molar-refractivity contribution in [2.24, 2.45) is 0 Å². The maximum Gasteiger partial charge on any atom is 0.263 e. The van der Waals surface area contributed by atoms with Gasteiger partial charge >= 0.3 is 0 Å². The van der Waals surface area contributed by atoms with Gasteiger partial charge in [0.15, 0.2) is 0 Å². The van der Waals surface area contributed by atoms with Gasteiger partial charge in [0.25, 0.3) is 11.1 Å². The molecule has 0 aliphatic carbocycles. The normalized spacial score (nSPS) is 12.3. The molecule has 8 aromatic heterocycles. The van der Waals surface area contributed by atoms with E-state index in [1.807, 2.05) is 104 Å². The zero-order valence-corrected chi connectivity index (χ0v) is 50.1. The Morgan fingerprint density at radius 1 is 0.275 bits per heavy atom. The highest BCUT2D eigenvalue weighted by Gasteiger charge is 2.24. The van der Waals surface area contributed by atoms with Gasteiger partial charge < -0.3 is 4.57 Å². The zero-order chi connectivity index (χ0) is 59.7. The summed E-state index contributed by atoms with van der Waals surface area (Å²) < 4.78 is 11.1. The van der Waals surface area contributed by atoms with Gasteiger partial charge in [-0.25, -0.2) is 4.98 Å². The van der Waals surface area contributed by atoms with Crippen molar-refractivity contribution in [2.45, 2.75) is 0 Å². The molecule has 0 unspecified atom stereocenters. The van der Waals surface area contributed by atoms with Gasteiger partial charge in [-0.15, -0.1) is 22.7 Å². The Kier molecular flexibility index (Phi) is 10.5. The topological polar surface area (TPSA) is 60.8 Å². The fraction of sp³-hybridized carbons (Fsp3) is 0. The van der Waals surface area contributed by atoms with E-state index in [0.717, 1.165) is 138 Å². The molecule has 0 saturated carbocycles. The Hall–Kier alpha value is -11.6. The van der Waals surface area contributed by atoms with Crippen molar-refractivity contribution >= 4 is 139 Å². The van der Waals surface area contributed by atoms with Crippen LogP contribution in [0.4, 0.5) is 0 Å². The number of pyridine rings is 3. The van der Waals surface area contributed by atoms with E-state index in [1.54, 1.807) is 0 Å². The Balaban J connectivity index is 0.772. The number of aromatic nitrogens is 4. The van der Waals surface area contributed by atoms with Crippen molar-refractivity contribution in [1.82, 2.24) is 18.4 Å². The fourth-order valence-corrected chi connectivity index (χ4v) is 17.2. The first-order valence-electron chi connectivity index (χ1n) is 30.6. The molecule has 0 N–H and O–H groups in total. The van der Waals surface area contributed by atoms with E-state index in [1.165, 1.54) is 40.3 Å². The first-order chi connectivity index (χ1) is 44.9. The number of hydrogen-bond donors (Lipinski definition) is 0. The van der Waals surface area contributed by atoms with Crippen LogP contribution in [-0.4, -0.2) is 18.4 Å². The van der Waals surface area contributed by atoms with Crippen LogP contribution in [-0.2, 0) is 0 Å². The lowest BCUT2D eigenvalue weighted by molar-refractivity contribution is 1.07. The fourth-order valence-electron chi connectivity index (χ4n) is 14.9. The van der Waals surface area contributed by atoms with Crippen LogP contribution in [0.5, 0.6) is 0 Å². The molecule has 6 nitrogen and oxygen atoms in total. The second-order valence-corrected chi connectivity index (χ2v) is 26.3. The molecule has 0 aliphatic heterocycles. The van der Waals surface area contributed by atoms with E-state index in [0.29, 0.717) is 10.8 Å². The Labute approximate surface area is 526 Å². The zero-order valence-electron chi connectivity index (χ0n) is 48.5. The predicted molar refractivity (Wildman–Crippen MR) is 384 cm³/mol.